The SMILES string of the molecule is NOCC(=O)NCCCCCCCC(=O)NCC(=O)N[C@@H](CCCN=C(N)N)C(=O)NCC(=O)N[C@@H](CC(=O)O)C(=O)N[C@@H](CO)C(=O)N1CCC[C@@H]1C(=O)O. The van der Waals surface area contributed by atoms with E-state index in [1.54, 1.807) is 0 Å². The Morgan fingerprint density at radius 3 is 2.02 bits per heavy atom. The highest BCUT2D eigenvalue weighted by Crippen LogP contribution is 2.18. The van der Waals surface area contributed by atoms with E-state index in [0.29, 0.717) is 19.4 Å². The average Bonchev–Trinajstić information content (AvgIpc) is 3.64. The number of carboxylic acid groups (broad SMARTS) is 2. The number of carbonyl (C=O) groups excluding carboxylic acids is 7. The van der Waals surface area contributed by atoms with E-state index in [-0.39, 0.29) is 57.2 Å². The van der Waals surface area contributed by atoms with Gasteiger partial charge in [0, 0.05) is 26.1 Å². The minimum Gasteiger partial charge on any atom is -0.481 e. The third-order valence-electron chi connectivity index (χ3n) is 8.23. The maximum absolute atomic E-state index is 13.0. The molecule has 0 saturated carbocycles. The van der Waals surface area contributed by atoms with Crippen LogP contribution in [0.4, 0.5) is 0 Å². The normalized spacial score (nSPS) is 15.0. The number of unbranched alkanes of at least 4 members (excludes halogenated alkanes) is 4. The molecule has 7 amide bonds. The van der Waals surface area contributed by atoms with Crippen LogP contribution in [0.5, 0.6) is 0 Å². The fourth-order valence-electron chi connectivity index (χ4n) is 5.45. The van der Waals surface area contributed by atoms with Crippen molar-refractivity contribution in [2.75, 3.05) is 45.9 Å². The molecule has 1 heterocycles. The highest BCUT2D eigenvalue weighted by Gasteiger charge is 2.38. The van der Waals surface area contributed by atoms with Gasteiger partial charge in [-0.1, -0.05) is 19.3 Å². The molecular formula is C32H55N11O13. The van der Waals surface area contributed by atoms with E-state index in [4.69, 9.17) is 17.4 Å². The highest BCUT2D eigenvalue weighted by molar-refractivity contribution is 5.96. The van der Waals surface area contributed by atoms with Crippen LogP contribution in [0.15, 0.2) is 4.99 Å². The second-order valence-corrected chi connectivity index (χ2v) is 12.7. The van der Waals surface area contributed by atoms with Gasteiger partial charge in [-0.2, -0.15) is 0 Å². The number of nitrogens with two attached hydrogens (primary N) is 3. The van der Waals surface area contributed by atoms with Crippen LogP contribution in [-0.2, 0) is 48.0 Å². The molecule has 1 aliphatic rings. The smallest absolute Gasteiger partial charge is 0.326 e. The Labute approximate surface area is 322 Å². The molecule has 0 aromatic carbocycles. The van der Waals surface area contributed by atoms with Crippen LogP contribution in [0.2, 0.25) is 0 Å². The molecule has 24 heteroatoms. The van der Waals surface area contributed by atoms with Gasteiger partial charge in [0.2, 0.25) is 41.4 Å². The number of aliphatic hydroxyl groups is 1. The summed E-state index contributed by atoms with van der Waals surface area (Å²) in [4.78, 5) is 120. The number of carboxylic acids is 2. The molecule has 0 bridgehead atoms. The van der Waals surface area contributed by atoms with Crippen LogP contribution >= 0.6 is 0 Å². The Balaban J connectivity index is 2.69. The summed E-state index contributed by atoms with van der Waals surface area (Å²) >= 11 is 0. The van der Waals surface area contributed by atoms with Crippen molar-refractivity contribution in [2.24, 2.45) is 22.4 Å². The molecule has 0 aromatic rings. The van der Waals surface area contributed by atoms with Gasteiger partial charge in [-0.25, -0.2) is 10.7 Å². The third-order valence-corrected chi connectivity index (χ3v) is 8.23. The summed E-state index contributed by atoms with van der Waals surface area (Å²) in [6.07, 6.45) is 3.61. The number of hydrogen-bond donors (Lipinski definition) is 12. The van der Waals surface area contributed by atoms with E-state index >= 15 is 0 Å². The Kier molecular flexibility index (Phi) is 23.4. The molecule has 56 heavy (non-hydrogen) atoms. The van der Waals surface area contributed by atoms with Gasteiger partial charge in [-0.15, -0.1) is 0 Å². The van der Waals surface area contributed by atoms with E-state index in [2.05, 4.69) is 41.7 Å². The van der Waals surface area contributed by atoms with Gasteiger partial charge in [-0.05, 0) is 38.5 Å². The minimum absolute atomic E-state index is 0.00519. The van der Waals surface area contributed by atoms with Crippen LogP contribution in [0.3, 0.4) is 0 Å². The first-order chi connectivity index (χ1) is 26.6. The van der Waals surface area contributed by atoms with Gasteiger partial charge in [0.05, 0.1) is 26.1 Å². The van der Waals surface area contributed by atoms with Crippen molar-refractivity contribution in [1.29, 1.82) is 0 Å². The van der Waals surface area contributed by atoms with Gasteiger partial charge >= 0.3 is 11.9 Å². The monoisotopic (exact) mass is 801 g/mol. The zero-order valence-electron chi connectivity index (χ0n) is 31.1. The van der Waals surface area contributed by atoms with Crippen LogP contribution < -0.4 is 49.3 Å². The van der Waals surface area contributed by atoms with Gasteiger partial charge in [0.25, 0.3) is 0 Å². The predicted octanol–water partition coefficient (Wildman–Crippen LogP) is -5.38. The van der Waals surface area contributed by atoms with Crippen molar-refractivity contribution in [2.45, 2.75) is 94.8 Å². The van der Waals surface area contributed by atoms with Crippen LogP contribution in [-0.4, -0.2) is 150 Å². The van der Waals surface area contributed by atoms with Gasteiger partial charge in [0.1, 0.15) is 30.8 Å². The lowest BCUT2D eigenvalue weighted by Gasteiger charge is -2.27. The van der Waals surface area contributed by atoms with E-state index in [1.807, 2.05) is 0 Å². The number of likely N-dealkylation sites (tertiary alicyclic amines) is 1. The first kappa shape index (κ1) is 48.4. The summed E-state index contributed by atoms with van der Waals surface area (Å²) in [5, 5.41) is 42.6. The van der Waals surface area contributed by atoms with Crippen molar-refractivity contribution < 1.29 is 63.3 Å². The Bertz CT molecular complexity index is 1390. The van der Waals surface area contributed by atoms with E-state index in [0.717, 1.165) is 30.6 Å². The molecule has 0 unspecified atom stereocenters. The Morgan fingerprint density at radius 1 is 0.750 bits per heavy atom. The molecule has 0 spiro atoms. The second-order valence-electron chi connectivity index (χ2n) is 12.7. The number of hydrogen-bond acceptors (Lipinski definition) is 13. The maximum atomic E-state index is 13.0. The lowest BCUT2D eigenvalue weighted by Crippen LogP contribution is -2.58. The van der Waals surface area contributed by atoms with Crippen LogP contribution in [0.1, 0.15) is 70.6 Å². The third kappa shape index (κ3) is 20.2. The highest BCUT2D eigenvalue weighted by atomic mass is 16.6. The summed E-state index contributed by atoms with van der Waals surface area (Å²) in [7, 11) is 0. The average molecular weight is 802 g/mol. The van der Waals surface area contributed by atoms with E-state index in [1.165, 1.54) is 0 Å². The fraction of sp³-hybridized carbons (Fsp3) is 0.688. The number of aliphatic hydroxyl groups excluding tert-OH is 1. The quantitative estimate of drug-likeness (QED) is 0.0152. The number of guanidine groups is 1. The summed E-state index contributed by atoms with van der Waals surface area (Å²) in [6.45, 7) is -1.79. The lowest BCUT2D eigenvalue weighted by molar-refractivity contribution is -0.150. The van der Waals surface area contributed by atoms with Crippen molar-refractivity contribution in [3.63, 3.8) is 0 Å². The molecular weight excluding hydrogens is 746 g/mol. The number of nitrogens with one attached hydrogen (secondary N) is 6. The van der Waals surface area contributed by atoms with Gasteiger partial charge in [0.15, 0.2) is 5.96 Å². The predicted molar refractivity (Wildman–Crippen MR) is 194 cm³/mol. The molecule has 0 radical (unpaired) electrons. The number of aliphatic carboxylic acids is 2. The molecule has 1 fully saturated rings. The minimum atomic E-state index is -1.77. The van der Waals surface area contributed by atoms with Gasteiger partial charge in [-0.3, -0.25) is 48.2 Å². The van der Waals surface area contributed by atoms with E-state index in [9.17, 15) is 58.5 Å². The molecule has 15 N–H and O–H groups in total. The maximum Gasteiger partial charge on any atom is 0.326 e. The first-order valence-electron chi connectivity index (χ1n) is 18.0. The Hall–Kier alpha value is -5.62. The molecule has 1 rings (SSSR count). The van der Waals surface area contributed by atoms with E-state index < -0.39 is 97.7 Å². The molecule has 1 saturated heterocycles. The number of nitrogens with zero attached hydrogens (tertiary/aromatic N) is 2. The fourth-order valence-corrected chi connectivity index (χ4v) is 5.45. The first-order valence-corrected chi connectivity index (χ1v) is 18.0. The summed E-state index contributed by atoms with van der Waals surface area (Å²) in [6, 6.07) is -5.81. The lowest BCUT2D eigenvalue weighted by atomic mass is 10.1. The Morgan fingerprint density at radius 2 is 1.39 bits per heavy atom. The summed E-state index contributed by atoms with van der Waals surface area (Å²) in [5.74, 6) is -3.55. The van der Waals surface area contributed by atoms with Crippen molar-refractivity contribution >= 4 is 59.2 Å². The van der Waals surface area contributed by atoms with Crippen molar-refractivity contribution in [1.82, 2.24) is 36.8 Å². The summed E-state index contributed by atoms with van der Waals surface area (Å²) in [5.41, 5.74) is 10.7. The number of aliphatic imine (C=N–C) groups is 1. The van der Waals surface area contributed by atoms with Crippen LogP contribution in [0.25, 0.3) is 0 Å². The number of rotatable bonds is 28. The zero-order chi connectivity index (χ0) is 42.0. The van der Waals surface area contributed by atoms with Gasteiger partial charge < -0.3 is 63.6 Å². The largest absolute Gasteiger partial charge is 0.481 e. The van der Waals surface area contributed by atoms with Crippen molar-refractivity contribution in [3.05, 3.63) is 0 Å². The van der Waals surface area contributed by atoms with Crippen molar-refractivity contribution in [3.8, 4) is 0 Å². The molecule has 0 aromatic heterocycles. The summed E-state index contributed by atoms with van der Waals surface area (Å²) < 4.78 is 0. The second kappa shape index (κ2) is 27.0. The number of carbonyl (C=O) groups is 9. The van der Waals surface area contributed by atoms with Crippen LogP contribution in [0, 0.1) is 0 Å². The molecule has 316 valence electrons. The molecule has 1 aliphatic heterocycles. The zero-order valence-corrected chi connectivity index (χ0v) is 31.1. The topological polar surface area (TPSA) is 389 Å². The standard InChI is InChI=1S/C32H55N11O13/c33-32(34)37-12-6-8-19(40-24(46)15-38-23(45)10-4-2-1-3-5-11-36-26(48)18-56-35)28(51)39-16-25(47)41-20(14-27(49)50)29(52)42-21(17-44)30(53)43-13-7-9-22(43)31(54)55/h19-22,44H,1-18,35H2,(H,36,48)(H,38,45)(H,39,51)(H,40,46)(H,41,47)(H,42,52)(H,49,50)(H,54,55)(H4,33,34,37)/t19-,20-,21-,22+/m0/s1. The molecule has 4 atom stereocenters. The molecule has 0 aliphatic carbocycles. The molecule has 24 nitrogen and oxygen atoms in total. The number of amides is 7.